The van der Waals surface area contributed by atoms with Crippen LogP contribution in [0.1, 0.15) is 51.9 Å². The van der Waals surface area contributed by atoms with Crippen molar-refractivity contribution in [1.29, 1.82) is 0 Å². The van der Waals surface area contributed by atoms with Crippen LogP contribution in [-0.4, -0.2) is 26.8 Å². The molecule has 0 aromatic carbocycles. The minimum absolute atomic E-state index is 0.194. The maximum Gasteiger partial charge on any atom is 0.168 e. The lowest BCUT2D eigenvalue weighted by Crippen LogP contribution is -2.29. The molecule has 86 valence electrons. The van der Waals surface area contributed by atoms with Crippen molar-refractivity contribution in [3.63, 3.8) is 0 Å². The molecule has 0 N–H and O–H groups in total. The maximum absolute atomic E-state index is 5.82. The zero-order chi connectivity index (χ0) is 10.8. The average Bonchev–Trinajstić information content (AvgIpc) is 2.63. The Hall–Kier alpha value is -0.0151. The first-order valence-electron chi connectivity index (χ1n) is 6.40. The van der Waals surface area contributed by atoms with Crippen molar-refractivity contribution in [3.8, 4) is 0 Å². The lowest BCUT2D eigenvalue weighted by molar-refractivity contribution is -0.168. The average molecular weight is 210 g/mol. The van der Waals surface area contributed by atoms with Gasteiger partial charge in [0, 0.05) is 12.8 Å². The van der Waals surface area contributed by atoms with Gasteiger partial charge >= 0.3 is 0 Å². The molecule has 1 atom stereocenters. The van der Waals surface area contributed by atoms with Gasteiger partial charge in [0.2, 0.25) is 0 Å². The molecule has 2 nitrogen and oxygen atoms in total. The second-order valence-electron chi connectivity index (χ2n) is 5.83. The highest BCUT2D eigenvalue weighted by Gasteiger charge is 2.36. The van der Waals surface area contributed by atoms with Crippen LogP contribution in [0.15, 0.2) is 0 Å². The van der Waals surface area contributed by atoms with Crippen LogP contribution in [0, 0.1) is 0 Å². The Balaban J connectivity index is 1.95. The molecule has 2 fully saturated rings. The van der Waals surface area contributed by atoms with Gasteiger partial charge in [-0.2, -0.15) is 0 Å². The standard InChI is InChI=1S/C12H23BO2/c1-11(13)5-2-3-7-12(8-4-6-11)14-9-10-15-12/h2-10,13H2,1H3. The van der Waals surface area contributed by atoms with Gasteiger partial charge < -0.3 is 9.47 Å². The molecule has 1 unspecified atom stereocenters. The minimum atomic E-state index is -0.194. The third-order valence-electron chi connectivity index (χ3n) is 3.89. The van der Waals surface area contributed by atoms with Gasteiger partial charge in [0.25, 0.3) is 0 Å². The zero-order valence-corrected chi connectivity index (χ0v) is 10.2. The number of hydrogen-bond acceptors (Lipinski definition) is 2. The third kappa shape index (κ3) is 2.98. The molecule has 0 aromatic heterocycles. The topological polar surface area (TPSA) is 18.5 Å². The van der Waals surface area contributed by atoms with Gasteiger partial charge in [-0.3, -0.25) is 0 Å². The van der Waals surface area contributed by atoms with Crippen LogP contribution in [0.25, 0.3) is 0 Å². The fourth-order valence-electron chi connectivity index (χ4n) is 2.87. The van der Waals surface area contributed by atoms with E-state index in [2.05, 4.69) is 14.8 Å². The first-order chi connectivity index (χ1) is 7.12. The summed E-state index contributed by atoms with van der Waals surface area (Å²) in [6.45, 7) is 3.98. The van der Waals surface area contributed by atoms with Crippen molar-refractivity contribution in [2.24, 2.45) is 0 Å². The molecule has 2 aliphatic rings. The Kier molecular flexibility index (Phi) is 3.41. The van der Waals surface area contributed by atoms with Gasteiger partial charge in [-0.05, 0) is 12.8 Å². The molecule has 0 aromatic rings. The van der Waals surface area contributed by atoms with E-state index in [1.165, 1.54) is 32.1 Å². The summed E-state index contributed by atoms with van der Waals surface area (Å²) in [4.78, 5) is 0. The highest BCUT2D eigenvalue weighted by Crippen LogP contribution is 2.40. The van der Waals surface area contributed by atoms with Crippen molar-refractivity contribution in [2.75, 3.05) is 13.2 Å². The maximum atomic E-state index is 5.82. The van der Waals surface area contributed by atoms with E-state index in [1.54, 1.807) is 0 Å². The molecule has 1 heterocycles. The van der Waals surface area contributed by atoms with E-state index in [4.69, 9.17) is 9.47 Å². The van der Waals surface area contributed by atoms with Crippen molar-refractivity contribution in [2.45, 2.75) is 63.0 Å². The lowest BCUT2D eigenvalue weighted by Gasteiger charge is -2.27. The van der Waals surface area contributed by atoms with E-state index in [-0.39, 0.29) is 5.79 Å². The van der Waals surface area contributed by atoms with E-state index >= 15 is 0 Å². The van der Waals surface area contributed by atoms with Crippen LogP contribution in [0.2, 0.25) is 5.31 Å². The molecular weight excluding hydrogens is 187 g/mol. The summed E-state index contributed by atoms with van der Waals surface area (Å²) in [5, 5.41) is 0.518. The van der Waals surface area contributed by atoms with Gasteiger partial charge in [0.1, 0.15) is 7.85 Å². The molecule has 0 amide bonds. The highest BCUT2D eigenvalue weighted by molar-refractivity contribution is 6.14. The summed E-state index contributed by atoms with van der Waals surface area (Å²) >= 11 is 0. The van der Waals surface area contributed by atoms with E-state index in [0.717, 1.165) is 26.1 Å². The first-order valence-corrected chi connectivity index (χ1v) is 6.40. The van der Waals surface area contributed by atoms with Crippen LogP contribution < -0.4 is 0 Å². The predicted molar refractivity (Wildman–Crippen MR) is 63.9 cm³/mol. The smallest absolute Gasteiger partial charge is 0.168 e. The monoisotopic (exact) mass is 210 g/mol. The summed E-state index contributed by atoms with van der Waals surface area (Å²) in [6, 6.07) is 0. The fraction of sp³-hybridized carbons (Fsp3) is 1.00. The normalized spacial score (nSPS) is 37.1. The Morgan fingerprint density at radius 2 is 1.40 bits per heavy atom. The SMILES string of the molecule is BC1(C)CCCCC2(CCC1)OCCO2. The lowest BCUT2D eigenvalue weighted by atomic mass is 9.64. The molecule has 15 heavy (non-hydrogen) atoms. The molecule has 1 saturated heterocycles. The van der Waals surface area contributed by atoms with E-state index in [0.29, 0.717) is 5.31 Å². The number of ether oxygens (including phenoxy) is 2. The van der Waals surface area contributed by atoms with Gasteiger partial charge in [-0.15, -0.1) is 0 Å². The molecule has 1 saturated carbocycles. The molecule has 2 rings (SSSR count). The van der Waals surface area contributed by atoms with Crippen molar-refractivity contribution < 1.29 is 9.47 Å². The van der Waals surface area contributed by atoms with Crippen LogP contribution >= 0.6 is 0 Å². The van der Waals surface area contributed by atoms with Gasteiger partial charge in [-0.1, -0.05) is 31.5 Å². The Labute approximate surface area is 94.1 Å². The summed E-state index contributed by atoms with van der Waals surface area (Å²) in [6.07, 6.45) is 8.67. The van der Waals surface area contributed by atoms with Gasteiger partial charge in [0.05, 0.1) is 13.2 Å². The van der Waals surface area contributed by atoms with Crippen LogP contribution in [0.3, 0.4) is 0 Å². The summed E-state index contributed by atoms with van der Waals surface area (Å²) in [5.74, 6) is -0.194. The molecular formula is C12H23BO2. The Bertz CT molecular complexity index is 210. The fourth-order valence-corrected chi connectivity index (χ4v) is 2.87. The van der Waals surface area contributed by atoms with E-state index in [1.807, 2.05) is 0 Å². The molecule has 1 spiro atoms. The van der Waals surface area contributed by atoms with Gasteiger partial charge in [-0.25, -0.2) is 0 Å². The molecule has 0 radical (unpaired) electrons. The summed E-state index contributed by atoms with van der Waals surface area (Å²) in [7, 11) is 2.39. The van der Waals surface area contributed by atoms with Crippen molar-refractivity contribution in [1.82, 2.24) is 0 Å². The van der Waals surface area contributed by atoms with Crippen LogP contribution in [0.4, 0.5) is 0 Å². The number of rotatable bonds is 0. The van der Waals surface area contributed by atoms with E-state index < -0.39 is 0 Å². The predicted octanol–water partition coefficient (Wildman–Crippen LogP) is 2.29. The van der Waals surface area contributed by atoms with Crippen LogP contribution in [0.5, 0.6) is 0 Å². The quantitative estimate of drug-likeness (QED) is 0.571. The first kappa shape index (κ1) is 11.5. The molecule has 3 heteroatoms. The zero-order valence-electron chi connectivity index (χ0n) is 10.2. The van der Waals surface area contributed by atoms with Gasteiger partial charge in [0.15, 0.2) is 5.79 Å². The van der Waals surface area contributed by atoms with Crippen LogP contribution in [-0.2, 0) is 9.47 Å². The molecule has 1 aliphatic carbocycles. The Morgan fingerprint density at radius 3 is 2.13 bits per heavy atom. The largest absolute Gasteiger partial charge is 0.348 e. The van der Waals surface area contributed by atoms with Crippen molar-refractivity contribution in [3.05, 3.63) is 0 Å². The summed E-state index contributed by atoms with van der Waals surface area (Å²) < 4.78 is 11.6. The van der Waals surface area contributed by atoms with Crippen molar-refractivity contribution >= 4 is 7.85 Å². The second kappa shape index (κ2) is 4.46. The summed E-state index contributed by atoms with van der Waals surface area (Å²) in [5.41, 5.74) is 0. The second-order valence-corrected chi connectivity index (χ2v) is 5.83. The highest BCUT2D eigenvalue weighted by atomic mass is 16.7. The minimum Gasteiger partial charge on any atom is -0.348 e. The molecule has 0 bridgehead atoms. The molecule has 1 aliphatic heterocycles. The van der Waals surface area contributed by atoms with E-state index in [9.17, 15) is 0 Å². The third-order valence-corrected chi connectivity index (χ3v) is 3.89. The number of hydrogen-bond donors (Lipinski definition) is 0. The Morgan fingerprint density at radius 1 is 0.867 bits per heavy atom.